The standard InChI is InChI=1S/C18H22BNO4/c1-11(18(21)22)12-2-4-13(5-3-12)15-8-9-20-17-7-6-14(19(23)24)10-16(15)17/h6-13,23-24H,2-5H2,1H3,(H,21,22). The average Bonchev–Trinajstić information content (AvgIpc) is 2.60. The molecule has 0 saturated heterocycles. The van der Waals surface area contributed by atoms with Gasteiger partial charge in [-0.05, 0) is 60.7 Å². The molecule has 1 aliphatic rings. The highest BCUT2D eigenvalue weighted by Crippen LogP contribution is 2.40. The molecule has 1 atom stereocenters. The van der Waals surface area contributed by atoms with Crippen LogP contribution in [-0.2, 0) is 4.79 Å². The highest BCUT2D eigenvalue weighted by molar-refractivity contribution is 6.58. The van der Waals surface area contributed by atoms with E-state index in [9.17, 15) is 19.9 Å². The topological polar surface area (TPSA) is 90.7 Å². The van der Waals surface area contributed by atoms with Crippen molar-refractivity contribution >= 4 is 29.5 Å². The summed E-state index contributed by atoms with van der Waals surface area (Å²) < 4.78 is 0. The molecule has 5 nitrogen and oxygen atoms in total. The van der Waals surface area contributed by atoms with Crippen LogP contribution in [0.3, 0.4) is 0 Å². The molecule has 0 bridgehead atoms. The van der Waals surface area contributed by atoms with Crippen LogP contribution >= 0.6 is 0 Å². The smallest absolute Gasteiger partial charge is 0.481 e. The van der Waals surface area contributed by atoms with Crippen molar-refractivity contribution in [2.24, 2.45) is 11.8 Å². The van der Waals surface area contributed by atoms with Crippen LogP contribution in [-0.4, -0.2) is 33.2 Å². The van der Waals surface area contributed by atoms with Gasteiger partial charge in [0.25, 0.3) is 0 Å². The second-order valence-corrected chi connectivity index (χ2v) is 6.79. The van der Waals surface area contributed by atoms with Crippen molar-refractivity contribution < 1.29 is 19.9 Å². The third-order valence-corrected chi connectivity index (χ3v) is 5.41. The SMILES string of the molecule is CC(C(=O)O)C1CCC(c2ccnc3ccc(B(O)O)cc23)CC1. The summed E-state index contributed by atoms with van der Waals surface area (Å²) in [5.74, 6) is -0.411. The van der Waals surface area contributed by atoms with Crippen LogP contribution in [0.4, 0.5) is 0 Å². The number of aliphatic carboxylic acids is 1. The van der Waals surface area contributed by atoms with Gasteiger partial charge < -0.3 is 15.2 Å². The molecule has 6 heteroatoms. The quantitative estimate of drug-likeness (QED) is 0.746. The molecule has 3 N–H and O–H groups in total. The predicted molar refractivity (Wildman–Crippen MR) is 93.1 cm³/mol. The second kappa shape index (κ2) is 6.91. The minimum absolute atomic E-state index is 0.238. The number of hydrogen-bond acceptors (Lipinski definition) is 4. The predicted octanol–water partition coefficient (Wildman–Crippen LogP) is 1.91. The van der Waals surface area contributed by atoms with E-state index in [2.05, 4.69) is 4.98 Å². The highest BCUT2D eigenvalue weighted by atomic mass is 16.4. The van der Waals surface area contributed by atoms with E-state index in [0.717, 1.165) is 36.6 Å². The Hall–Kier alpha value is -1.92. The first kappa shape index (κ1) is 16.9. The fourth-order valence-electron chi connectivity index (χ4n) is 3.83. The maximum Gasteiger partial charge on any atom is 0.488 e. The molecule has 0 spiro atoms. The molecule has 1 heterocycles. The van der Waals surface area contributed by atoms with Crippen molar-refractivity contribution in [2.75, 3.05) is 0 Å². The Bertz CT molecular complexity index is 741. The minimum atomic E-state index is -1.49. The van der Waals surface area contributed by atoms with Gasteiger partial charge >= 0.3 is 13.1 Å². The van der Waals surface area contributed by atoms with E-state index in [1.807, 2.05) is 12.1 Å². The van der Waals surface area contributed by atoms with E-state index < -0.39 is 13.1 Å². The molecular formula is C18H22BNO4. The van der Waals surface area contributed by atoms with Crippen LogP contribution in [0.1, 0.15) is 44.1 Å². The molecule has 0 amide bonds. The lowest BCUT2D eigenvalue weighted by Gasteiger charge is -2.31. The fourth-order valence-corrected chi connectivity index (χ4v) is 3.83. The van der Waals surface area contributed by atoms with Gasteiger partial charge in [-0.15, -0.1) is 0 Å². The number of hydrogen-bond donors (Lipinski definition) is 3. The number of rotatable bonds is 4. The Morgan fingerprint density at radius 2 is 1.92 bits per heavy atom. The zero-order valence-corrected chi connectivity index (χ0v) is 13.7. The van der Waals surface area contributed by atoms with Crippen molar-refractivity contribution in [1.82, 2.24) is 4.98 Å². The van der Waals surface area contributed by atoms with Gasteiger partial charge in [-0.2, -0.15) is 0 Å². The summed E-state index contributed by atoms with van der Waals surface area (Å²) in [6.07, 6.45) is 5.51. The molecule has 0 aliphatic heterocycles. The highest BCUT2D eigenvalue weighted by Gasteiger charge is 2.30. The molecule has 1 aliphatic carbocycles. The summed E-state index contributed by atoms with van der Waals surface area (Å²) in [5.41, 5.74) is 2.48. The van der Waals surface area contributed by atoms with Gasteiger partial charge in [-0.25, -0.2) is 0 Å². The van der Waals surface area contributed by atoms with Crippen LogP contribution in [0, 0.1) is 11.8 Å². The van der Waals surface area contributed by atoms with Crippen LogP contribution in [0.2, 0.25) is 0 Å². The molecule has 1 saturated carbocycles. The third kappa shape index (κ3) is 3.30. The summed E-state index contributed by atoms with van der Waals surface area (Å²) in [4.78, 5) is 15.5. The van der Waals surface area contributed by atoms with Crippen LogP contribution in [0.5, 0.6) is 0 Å². The Morgan fingerprint density at radius 3 is 2.54 bits per heavy atom. The lowest BCUT2D eigenvalue weighted by atomic mass is 9.73. The van der Waals surface area contributed by atoms with Crippen molar-refractivity contribution in [2.45, 2.75) is 38.5 Å². The Labute approximate surface area is 141 Å². The fraction of sp³-hybridized carbons (Fsp3) is 0.444. The van der Waals surface area contributed by atoms with Gasteiger partial charge in [0, 0.05) is 11.6 Å². The number of carboxylic acids is 1. The molecule has 126 valence electrons. The van der Waals surface area contributed by atoms with Crippen molar-refractivity contribution in [3.05, 3.63) is 36.0 Å². The normalized spacial score (nSPS) is 22.3. The van der Waals surface area contributed by atoms with Crippen LogP contribution < -0.4 is 5.46 Å². The van der Waals surface area contributed by atoms with Crippen molar-refractivity contribution in [1.29, 1.82) is 0 Å². The monoisotopic (exact) mass is 327 g/mol. The largest absolute Gasteiger partial charge is 0.488 e. The zero-order valence-electron chi connectivity index (χ0n) is 13.7. The molecule has 2 aromatic rings. The lowest BCUT2D eigenvalue weighted by Crippen LogP contribution is -2.29. The maximum absolute atomic E-state index is 11.2. The van der Waals surface area contributed by atoms with Gasteiger partial charge in [0.1, 0.15) is 0 Å². The first-order chi connectivity index (χ1) is 11.5. The van der Waals surface area contributed by atoms with E-state index in [1.165, 1.54) is 5.56 Å². The minimum Gasteiger partial charge on any atom is -0.481 e. The molecule has 1 aromatic carbocycles. The number of pyridine rings is 1. The number of benzene rings is 1. The molecule has 0 radical (unpaired) electrons. The first-order valence-corrected chi connectivity index (χ1v) is 8.45. The summed E-state index contributed by atoms with van der Waals surface area (Å²) in [7, 11) is -1.49. The number of carboxylic acid groups (broad SMARTS) is 1. The Balaban J connectivity index is 1.85. The van der Waals surface area contributed by atoms with E-state index in [4.69, 9.17) is 0 Å². The maximum atomic E-state index is 11.2. The van der Waals surface area contributed by atoms with Crippen molar-refractivity contribution in [3.8, 4) is 0 Å². The van der Waals surface area contributed by atoms with Gasteiger partial charge in [0.2, 0.25) is 0 Å². The Morgan fingerprint density at radius 1 is 1.21 bits per heavy atom. The third-order valence-electron chi connectivity index (χ3n) is 5.41. The zero-order chi connectivity index (χ0) is 17.3. The number of nitrogens with zero attached hydrogens (tertiary/aromatic N) is 1. The van der Waals surface area contributed by atoms with Gasteiger partial charge in [0.15, 0.2) is 0 Å². The van der Waals surface area contributed by atoms with Crippen LogP contribution in [0.15, 0.2) is 30.5 Å². The molecule has 3 rings (SSSR count). The lowest BCUT2D eigenvalue weighted by molar-refractivity contribution is -0.143. The number of fused-ring (bicyclic) bond motifs is 1. The second-order valence-electron chi connectivity index (χ2n) is 6.79. The number of aromatic nitrogens is 1. The van der Waals surface area contributed by atoms with Gasteiger partial charge in [0.05, 0.1) is 11.4 Å². The van der Waals surface area contributed by atoms with E-state index in [-0.39, 0.29) is 11.8 Å². The van der Waals surface area contributed by atoms with Crippen molar-refractivity contribution in [3.63, 3.8) is 0 Å². The van der Waals surface area contributed by atoms with Gasteiger partial charge in [-0.3, -0.25) is 9.78 Å². The van der Waals surface area contributed by atoms with E-state index >= 15 is 0 Å². The number of carbonyl (C=O) groups is 1. The molecule has 1 fully saturated rings. The average molecular weight is 327 g/mol. The molecule has 24 heavy (non-hydrogen) atoms. The molecule has 1 aromatic heterocycles. The van der Waals surface area contributed by atoms with E-state index in [1.54, 1.807) is 25.3 Å². The summed E-state index contributed by atoms with van der Waals surface area (Å²) in [6.45, 7) is 1.80. The Kier molecular flexibility index (Phi) is 4.87. The van der Waals surface area contributed by atoms with E-state index in [0.29, 0.717) is 11.4 Å². The summed E-state index contributed by atoms with van der Waals surface area (Å²) >= 11 is 0. The van der Waals surface area contributed by atoms with Crippen LogP contribution in [0.25, 0.3) is 10.9 Å². The molecule has 1 unspecified atom stereocenters. The molecular weight excluding hydrogens is 305 g/mol. The van der Waals surface area contributed by atoms with Gasteiger partial charge in [-0.1, -0.05) is 19.1 Å². The summed E-state index contributed by atoms with van der Waals surface area (Å²) in [6, 6.07) is 7.29. The first-order valence-electron chi connectivity index (χ1n) is 8.45. The summed E-state index contributed by atoms with van der Waals surface area (Å²) in [5, 5.41) is 29.0.